The summed E-state index contributed by atoms with van der Waals surface area (Å²) < 4.78 is 16.3. The molecule has 1 heterocycles. The standard InChI is InChI=1S/C23H21ClN2O4/c1-28-19-12-15(13-20(29-2)21(19)30-3)25-22-17-6-4-5-7-18(17)23(27)26(22)16-10-8-14(24)9-11-16/h4-13,22,25H,1-3H3. The molecule has 0 saturated carbocycles. The largest absolute Gasteiger partial charge is 0.493 e. The maximum Gasteiger partial charge on any atom is 0.260 e. The van der Waals surface area contributed by atoms with E-state index in [1.165, 1.54) is 0 Å². The highest BCUT2D eigenvalue weighted by Crippen LogP contribution is 2.43. The summed E-state index contributed by atoms with van der Waals surface area (Å²) in [6.45, 7) is 0. The van der Waals surface area contributed by atoms with Crippen molar-refractivity contribution in [1.82, 2.24) is 0 Å². The fourth-order valence-electron chi connectivity index (χ4n) is 3.65. The Morgan fingerprint density at radius 2 is 1.53 bits per heavy atom. The summed E-state index contributed by atoms with van der Waals surface area (Å²) in [6.07, 6.45) is -0.419. The van der Waals surface area contributed by atoms with Crippen molar-refractivity contribution in [3.63, 3.8) is 0 Å². The van der Waals surface area contributed by atoms with Crippen molar-refractivity contribution in [3.05, 3.63) is 76.8 Å². The second kappa shape index (κ2) is 8.16. The van der Waals surface area contributed by atoms with E-state index in [2.05, 4.69) is 5.32 Å². The fourth-order valence-corrected chi connectivity index (χ4v) is 3.77. The van der Waals surface area contributed by atoms with Crippen LogP contribution in [0.15, 0.2) is 60.7 Å². The molecule has 1 atom stereocenters. The van der Waals surface area contributed by atoms with Crippen LogP contribution in [0.1, 0.15) is 22.1 Å². The van der Waals surface area contributed by atoms with Crippen molar-refractivity contribution >= 4 is 28.9 Å². The third-order valence-electron chi connectivity index (χ3n) is 5.04. The van der Waals surface area contributed by atoms with Crippen LogP contribution in [-0.4, -0.2) is 27.2 Å². The van der Waals surface area contributed by atoms with Crippen molar-refractivity contribution < 1.29 is 19.0 Å². The highest BCUT2D eigenvalue weighted by atomic mass is 35.5. The van der Waals surface area contributed by atoms with Gasteiger partial charge in [-0.2, -0.15) is 0 Å². The van der Waals surface area contributed by atoms with Gasteiger partial charge in [0.15, 0.2) is 11.5 Å². The first-order valence-corrected chi connectivity index (χ1v) is 9.69. The summed E-state index contributed by atoms with van der Waals surface area (Å²) in [7, 11) is 4.69. The SMILES string of the molecule is COc1cc(NC2c3ccccc3C(=O)N2c2ccc(Cl)cc2)cc(OC)c1OC. The van der Waals surface area contributed by atoms with E-state index in [9.17, 15) is 4.79 Å². The van der Waals surface area contributed by atoms with Crippen molar-refractivity contribution in [3.8, 4) is 17.2 Å². The molecule has 154 valence electrons. The highest BCUT2D eigenvalue weighted by Gasteiger charge is 2.37. The van der Waals surface area contributed by atoms with E-state index in [0.29, 0.717) is 27.8 Å². The Kier molecular flexibility index (Phi) is 5.42. The van der Waals surface area contributed by atoms with Gasteiger partial charge in [-0.1, -0.05) is 29.8 Å². The molecule has 0 bridgehead atoms. The van der Waals surface area contributed by atoms with Gasteiger partial charge in [-0.3, -0.25) is 9.69 Å². The van der Waals surface area contributed by atoms with E-state index in [4.69, 9.17) is 25.8 Å². The van der Waals surface area contributed by atoms with Crippen molar-refractivity contribution in [2.24, 2.45) is 0 Å². The number of methoxy groups -OCH3 is 3. The van der Waals surface area contributed by atoms with Gasteiger partial charge in [-0.25, -0.2) is 0 Å². The second-order valence-electron chi connectivity index (χ2n) is 6.70. The van der Waals surface area contributed by atoms with Gasteiger partial charge in [-0.15, -0.1) is 0 Å². The second-order valence-corrected chi connectivity index (χ2v) is 7.14. The zero-order valence-corrected chi connectivity index (χ0v) is 17.6. The third kappa shape index (κ3) is 3.39. The Balaban J connectivity index is 1.79. The Bertz CT molecular complexity index is 1060. The lowest BCUT2D eigenvalue weighted by atomic mass is 10.1. The van der Waals surface area contributed by atoms with Gasteiger partial charge < -0.3 is 19.5 Å². The average Bonchev–Trinajstić information content (AvgIpc) is 3.05. The predicted octanol–water partition coefficient (Wildman–Crippen LogP) is 5.14. The number of hydrogen-bond donors (Lipinski definition) is 1. The lowest BCUT2D eigenvalue weighted by Crippen LogP contribution is -2.32. The molecule has 0 radical (unpaired) electrons. The molecule has 1 N–H and O–H groups in total. The number of anilines is 2. The average molecular weight is 425 g/mol. The van der Waals surface area contributed by atoms with Crippen molar-refractivity contribution in [2.75, 3.05) is 31.5 Å². The van der Waals surface area contributed by atoms with E-state index >= 15 is 0 Å². The molecule has 7 heteroatoms. The summed E-state index contributed by atoms with van der Waals surface area (Å²) in [5.41, 5.74) is 2.99. The van der Waals surface area contributed by atoms with Crippen LogP contribution >= 0.6 is 11.6 Å². The molecular formula is C23H21ClN2O4. The third-order valence-corrected chi connectivity index (χ3v) is 5.29. The number of carbonyl (C=O) groups excluding carboxylic acids is 1. The van der Waals surface area contributed by atoms with E-state index in [-0.39, 0.29) is 5.91 Å². The molecule has 0 spiro atoms. The molecule has 1 unspecified atom stereocenters. The van der Waals surface area contributed by atoms with Gasteiger partial charge in [-0.05, 0) is 30.3 Å². The van der Waals surface area contributed by atoms with Gasteiger partial charge in [0.1, 0.15) is 6.17 Å². The summed E-state index contributed by atoms with van der Waals surface area (Å²) >= 11 is 6.05. The maximum absolute atomic E-state index is 13.2. The monoisotopic (exact) mass is 424 g/mol. The fraction of sp³-hybridized carbons (Fsp3) is 0.174. The van der Waals surface area contributed by atoms with Crippen LogP contribution in [-0.2, 0) is 0 Å². The van der Waals surface area contributed by atoms with Crippen LogP contribution in [0.3, 0.4) is 0 Å². The van der Waals surface area contributed by atoms with Gasteiger partial charge in [0.05, 0.1) is 21.3 Å². The molecule has 1 amide bonds. The molecule has 0 fully saturated rings. The van der Waals surface area contributed by atoms with E-state index in [1.54, 1.807) is 38.4 Å². The quantitative estimate of drug-likeness (QED) is 0.594. The number of nitrogens with zero attached hydrogens (tertiary/aromatic N) is 1. The number of halogens is 1. The van der Waals surface area contributed by atoms with E-state index < -0.39 is 6.17 Å². The minimum Gasteiger partial charge on any atom is -0.493 e. The number of benzene rings is 3. The first-order valence-electron chi connectivity index (χ1n) is 9.32. The van der Waals surface area contributed by atoms with Crippen LogP contribution in [0, 0.1) is 0 Å². The van der Waals surface area contributed by atoms with Crippen molar-refractivity contribution in [2.45, 2.75) is 6.17 Å². The summed E-state index contributed by atoms with van der Waals surface area (Å²) in [4.78, 5) is 14.9. The van der Waals surface area contributed by atoms with Gasteiger partial charge in [0, 0.05) is 39.7 Å². The Morgan fingerprint density at radius 3 is 2.13 bits per heavy atom. The van der Waals surface area contributed by atoms with Crippen LogP contribution in [0.5, 0.6) is 17.2 Å². The number of fused-ring (bicyclic) bond motifs is 1. The molecule has 4 rings (SSSR count). The maximum atomic E-state index is 13.2. The van der Waals surface area contributed by atoms with Gasteiger partial charge >= 0.3 is 0 Å². The molecule has 0 aliphatic carbocycles. The molecule has 3 aromatic carbocycles. The minimum absolute atomic E-state index is 0.0853. The van der Waals surface area contributed by atoms with Gasteiger partial charge in [0.25, 0.3) is 5.91 Å². The molecular weight excluding hydrogens is 404 g/mol. The van der Waals surface area contributed by atoms with Gasteiger partial charge in [0.2, 0.25) is 5.75 Å². The lowest BCUT2D eigenvalue weighted by molar-refractivity contribution is 0.0993. The van der Waals surface area contributed by atoms with Crippen LogP contribution in [0.4, 0.5) is 11.4 Å². The molecule has 6 nitrogen and oxygen atoms in total. The zero-order chi connectivity index (χ0) is 21.3. The first-order chi connectivity index (χ1) is 14.6. The number of rotatable bonds is 6. The summed E-state index contributed by atoms with van der Waals surface area (Å²) in [5.74, 6) is 1.46. The number of nitrogens with one attached hydrogen (secondary N) is 1. The Morgan fingerprint density at radius 1 is 0.900 bits per heavy atom. The molecule has 3 aromatic rings. The van der Waals surface area contributed by atoms with E-state index in [1.807, 2.05) is 48.5 Å². The number of carbonyl (C=O) groups is 1. The van der Waals surface area contributed by atoms with E-state index in [0.717, 1.165) is 16.9 Å². The number of ether oxygens (including phenoxy) is 3. The topological polar surface area (TPSA) is 60.0 Å². The Hall–Kier alpha value is -3.38. The lowest BCUT2D eigenvalue weighted by Gasteiger charge is -2.28. The van der Waals surface area contributed by atoms with Crippen LogP contribution < -0.4 is 24.4 Å². The summed E-state index contributed by atoms with van der Waals surface area (Å²) in [5, 5.41) is 4.06. The van der Waals surface area contributed by atoms with Crippen LogP contribution in [0.2, 0.25) is 5.02 Å². The minimum atomic E-state index is -0.419. The molecule has 1 aliphatic heterocycles. The molecule has 1 aliphatic rings. The normalized spacial score (nSPS) is 15.0. The highest BCUT2D eigenvalue weighted by molar-refractivity contribution is 6.30. The molecule has 0 saturated heterocycles. The molecule has 30 heavy (non-hydrogen) atoms. The number of hydrogen-bond acceptors (Lipinski definition) is 5. The zero-order valence-electron chi connectivity index (χ0n) is 16.8. The number of amides is 1. The first kappa shape index (κ1) is 19.9. The smallest absolute Gasteiger partial charge is 0.260 e. The molecule has 0 aromatic heterocycles. The van der Waals surface area contributed by atoms with Crippen molar-refractivity contribution in [1.29, 1.82) is 0 Å². The van der Waals surface area contributed by atoms with Crippen LogP contribution in [0.25, 0.3) is 0 Å². The predicted molar refractivity (Wildman–Crippen MR) is 117 cm³/mol. The Labute approximate surface area is 179 Å². The summed E-state index contributed by atoms with van der Waals surface area (Å²) in [6, 6.07) is 18.4.